The van der Waals surface area contributed by atoms with Crippen LogP contribution in [0.3, 0.4) is 0 Å². The summed E-state index contributed by atoms with van der Waals surface area (Å²) in [7, 11) is 0. The van der Waals surface area contributed by atoms with Crippen molar-refractivity contribution in [3.63, 3.8) is 0 Å². The van der Waals surface area contributed by atoms with E-state index in [4.69, 9.17) is 9.47 Å². The third-order valence-corrected chi connectivity index (χ3v) is 2.73. The minimum Gasteiger partial charge on any atom is -0.465 e. The summed E-state index contributed by atoms with van der Waals surface area (Å²) in [5, 5.41) is 0. The van der Waals surface area contributed by atoms with E-state index in [1.807, 2.05) is 30.3 Å². The first-order chi connectivity index (χ1) is 8.79. The molecule has 0 aromatic heterocycles. The van der Waals surface area contributed by atoms with Gasteiger partial charge in [0.05, 0.1) is 13.2 Å². The van der Waals surface area contributed by atoms with Gasteiger partial charge in [-0.15, -0.1) is 0 Å². The summed E-state index contributed by atoms with van der Waals surface area (Å²) in [5.74, 6) is -0.240. The van der Waals surface area contributed by atoms with Gasteiger partial charge in [0.25, 0.3) is 0 Å². The van der Waals surface area contributed by atoms with Gasteiger partial charge in [0.1, 0.15) is 12.3 Å². The highest BCUT2D eigenvalue weighted by atomic mass is 16.5. The molecule has 5 nitrogen and oxygen atoms in total. The van der Waals surface area contributed by atoms with E-state index < -0.39 is 0 Å². The van der Waals surface area contributed by atoms with Crippen molar-refractivity contribution in [1.29, 1.82) is 0 Å². The number of hydrazine groups is 1. The van der Waals surface area contributed by atoms with Gasteiger partial charge >= 0.3 is 5.97 Å². The molecule has 0 saturated carbocycles. The Kier molecular flexibility index (Phi) is 4.69. The fraction of sp³-hybridized carbons (Fsp3) is 0.462. The molecule has 1 saturated heterocycles. The molecule has 1 aromatic carbocycles. The maximum Gasteiger partial charge on any atom is 0.324 e. The van der Waals surface area contributed by atoms with Gasteiger partial charge in [-0.3, -0.25) is 4.79 Å². The molecular weight excluding hydrogens is 232 g/mol. The zero-order chi connectivity index (χ0) is 12.8. The first-order valence-corrected chi connectivity index (χ1v) is 6.13. The maximum atomic E-state index is 11.5. The zero-order valence-electron chi connectivity index (χ0n) is 10.4. The lowest BCUT2D eigenvalue weighted by atomic mass is 10.2. The summed E-state index contributed by atoms with van der Waals surface area (Å²) < 4.78 is 10.6. The van der Waals surface area contributed by atoms with Crippen LogP contribution in [-0.2, 0) is 20.9 Å². The first-order valence-electron chi connectivity index (χ1n) is 6.13. The summed E-state index contributed by atoms with van der Waals surface area (Å²) in [5.41, 5.74) is 6.93. The summed E-state index contributed by atoms with van der Waals surface area (Å²) in [4.78, 5) is 11.5. The topological polar surface area (TPSA) is 59.6 Å². The number of carbonyl (C=O) groups is 1. The number of carbonyl (C=O) groups excluding carboxylic acids is 1. The number of hydrogen-bond donors (Lipinski definition) is 2. The number of hydrogen-bond acceptors (Lipinski definition) is 5. The first kappa shape index (κ1) is 13.0. The second-order valence-corrected chi connectivity index (χ2v) is 4.11. The lowest BCUT2D eigenvalue weighted by Gasteiger charge is -2.10. The number of rotatable bonds is 5. The average molecular weight is 250 g/mol. The molecule has 2 unspecified atom stereocenters. The van der Waals surface area contributed by atoms with Gasteiger partial charge in [-0.1, -0.05) is 30.3 Å². The van der Waals surface area contributed by atoms with E-state index in [2.05, 4.69) is 10.9 Å². The normalized spacial score (nSPS) is 22.9. The Labute approximate surface area is 106 Å². The molecule has 0 aliphatic carbocycles. The predicted octanol–water partition coefficient (Wildman–Crippen LogP) is 0.959. The van der Waals surface area contributed by atoms with Crippen molar-refractivity contribution in [2.75, 3.05) is 6.61 Å². The van der Waals surface area contributed by atoms with Crippen molar-refractivity contribution in [3.05, 3.63) is 35.9 Å². The van der Waals surface area contributed by atoms with E-state index in [0.29, 0.717) is 19.6 Å². The molecular formula is C13H18N2O3. The Morgan fingerprint density at radius 1 is 1.33 bits per heavy atom. The van der Waals surface area contributed by atoms with E-state index in [1.165, 1.54) is 0 Å². The molecule has 2 rings (SSSR count). The Bertz CT molecular complexity index is 383. The van der Waals surface area contributed by atoms with Crippen LogP contribution in [0.5, 0.6) is 0 Å². The van der Waals surface area contributed by atoms with Crippen LogP contribution < -0.4 is 10.9 Å². The van der Waals surface area contributed by atoms with E-state index in [9.17, 15) is 4.79 Å². The molecule has 1 fully saturated rings. The van der Waals surface area contributed by atoms with Crippen molar-refractivity contribution < 1.29 is 14.3 Å². The van der Waals surface area contributed by atoms with Crippen LogP contribution in [0, 0.1) is 0 Å². The molecule has 5 heteroatoms. The lowest BCUT2D eigenvalue weighted by molar-refractivity contribution is -0.145. The minimum absolute atomic E-state index is 0.167. The van der Waals surface area contributed by atoms with Crippen LogP contribution in [0.1, 0.15) is 18.9 Å². The number of benzene rings is 1. The summed E-state index contributed by atoms with van der Waals surface area (Å²) in [6.45, 7) is 2.71. The average Bonchev–Trinajstić information content (AvgIpc) is 2.87. The number of nitrogens with one attached hydrogen (secondary N) is 2. The van der Waals surface area contributed by atoms with E-state index in [-0.39, 0.29) is 18.2 Å². The van der Waals surface area contributed by atoms with Crippen LogP contribution in [0.2, 0.25) is 0 Å². The Hall–Kier alpha value is -1.43. The van der Waals surface area contributed by atoms with E-state index >= 15 is 0 Å². The molecule has 1 aliphatic heterocycles. The van der Waals surface area contributed by atoms with Gasteiger partial charge in [-0.05, 0) is 12.5 Å². The van der Waals surface area contributed by atoms with Crippen LogP contribution >= 0.6 is 0 Å². The molecule has 18 heavy (non-hydrogen) atoms. The molecule has 0 radical (unpaired) electrons. The Balaban J connectivity index is 1.74. The van der Waals surface area contributed by atoms with Crippen LogP contribution in [0.4, 0.5) is 0 Å². The highest BCUT2D eigenvalue weighted by Crippen LogP contribution is 2.10. The van der Waals surface area contributed by atoms with Gasteiger partial charge in [0.2, 0.25) is 0 Å². The summed E-state index contributed by atoms with van der Waals surface area (Å²) >= 11 is 0. The third kappa shape index (κ3) is 3.53. The Morgan fingerprint density at radius 3 is 2.83 bits per heavy atom. The maximum absolute atomic E-state index is 11.5. The van der Waals surface area contributed by atoms with Crippen molar-refractivity contribution in [1.82, 2.24) is 10.9 Å². The van der Waals surface area contributed by atoms with Crippen LogP contribution in [-0.4, -0.2) is 24.8 Å². The third-order valence-electron chi connectivity index (χ3n) is 2.73. The molecule has 0 spiro atoms. The van der Waals surface area contributed by atoms with Crippen molar-refractivity contribution in [2.45, 2.75) is 32.2 Å². The second kappa shape index (κ2) is 6.49. The van der Waals surface area contributed by atoms with Gasteiger partial charge in [0, 0.05) is 6.42 Å². The fourth-order valence-electron chi connectivity index (χ4n) is 1.80. The standard InChI is InChI=1S/C13H18N2O3/c1-2-17-13(16)11-8-12(15-14-11)18-9-10-6-4-3-5-7-10/h3-7,11-12,14-15H,2,8-9H2,1H3. The second-order valence-electron chi connectivity index (χ2n) is 4.11. The van der Waals surface area contributed by atoms with Crippen LogP contribution in [0.25, 0.3) is 0 Å². The number of esters is 1. The smallest absolute Gasteiger partial charge is 0.324 e. The van der Waals surface area contributed by atoms with Crippen molar-refractivity contribution in [3.8, 4) is 0 Å². The van der Waals surface area contributed by atoms with Gasteiger partial charge < -0.3 is 9.47 Å². The minimum atomic E-state index is -0.328. The summed E-state index contributed by atoms with van der Waals surface area (Å²) in [6, 6.07) is 9.60. The van der Waals surface area contributed by atoms with E-state index in [1.54, 1.807) is 6.92 Å². The monoisotopic (exact) mass is 250 g/mol. The zero-order valence-corrected chi connectivity index (χ0v) is 10.4. The van der Waals surface area contributed by atoms with Gasteiger partial charge in [-0.2, -0.15) is 0 Å². The highest BCUT2D eigenvalue weighted by Gasteiger charge is 2.30. The predicted molar refractivity (Wildman–Crippen MR) is 66.3 cm³/mol. The quantitative estimate of drug-likeness (QED) is 0.762. The SMILES string of the molecule is CCOC(=O)C1CC(OCc2ccccc2)NN1. The van der Waals surface area contributed by atoms with E-state index in [0.717, 1.165) is 5.56 Å². The largest absolute Gasteiger partial charge is 0.465 e. The molecule has 2 N–H and O–H groups in total. The van der Waals surface area contributed by atoms with Crippen molar-refractivity contribution >= 4 is 5.97 Å². The molecule has 1 heterocycles. The molecule has 98 valence electrons. The number of ether oxygens (including phenoxy) is 2. The molecule has 1 aliphatic rings. The highest BCUT2D eigenvalue weighted by molar-refractivity contribution is 5.76. The summed E-state index contributed by atoms with van der Waals surface area (Å²) in [6.07, 6.45) is 0.408. The lowest BCUT2D eigenvalue weighted by Crippen LogP contribution is -2.38. The van der Waals surface area contributed by atoms with Gasteiger partial charge in [0.15, 0.2) is 0 Å². The molecule has 0 bridgehead atoms. The van der Waals surface area contributed by atoms with Crippen molar-refractivity contribution in [2.24, 2.45) is 0 Å². The van der Waals surface area contributed by atoms with Crippen LogP contribution in [0.15, 0.2) is 30.3 Å². The Morgan fingerprint density at radius 2 is 2.11 bits per heavy atom. The fourth-order valence-corrected chi connectivity index (χ4v) is 1.80. The molecule has 2 atom stereocenters. The molecule has 1 aromatic rings. The molecule has 0 amide bonds. The van der Waals surface area contributed by atoms with Gasteiger partial charge in [-0.25, -0.2) is 10.9 Å².